The van der Waals surface area contributed by atoms with E-state index >= 15 is 0 Å². The smallest absolute Gasteiger partial charge is 0.321 e. The molecule has 2 rings (SSSR count). The van der Waals surface area contributed by atoms with Crippen molar-refractivity contribution < 1.29 is 9.59 Å². The predicted molar refractivity (Wildman–Crippen MR) is 82.5 cm³/mol. The van der Waals surface area contributed by atoms with Gasteiger partial charge in [-0.3, -0.25) is 10.1 Å². The van der Waals surface area contributed by atoms with Crippen LogP contribution in [0.5, 0.6) is 0 Å². The number of thioether (sulfide) groups is 1. The van der Waals surface area contributed by atoms with E-state index < -0.39 is 17.2 Å². The van der Waals surface area contributed by atoms with Crippen molar-refractivity contribution in [2.24, 2.45) is 0 Å². The Morgan fingerprint density at radius 3 is 2.50 bits per heavy atom. The maximum atomic E-state index is 12.3. The third kappa shape index (κ3) is 3.55. The molecule has 0 aliphatic rings. The van der Waals surface area contributed by atoms with Crippen LogP contribution in [0.3, 0.4) is 0 Å². The Balaban J connectivity index is 2.28. The lowest BCUT2D eigenvalue weighted by molar-refractivity contribution is -0.119. The lowest BCUT2D eigenvalue weighted by Crippen LogP contribution is -2.39. The number of urea groups is 1. The molecule has 22 heavy (non-hydrogen) atoms. The number of amides is 3. The van der Waals surface area contributed by atoms with Crippen LogP contribution in [-0.2, 0) is 4.79 Å². The maximum absolute atomic E-state index is 12.3. The number of carbonyl (C=O) groups excluding carboxylic acids is 2. The number of hydrogen-bond donors (Lipinski definition) is 3. The number of benzene rings is 1. The summed E-state index contributed by atoms with van der Waals surface area (Å²) in [6.45, 7) is 1.71. The molecule has 0 spiro atoms. The van der Waals surface area contributed by atoms with Gasteiger partial charge < -0.3 is 11.2 Å². The number of aryl methyl sites for hydroxylation is 1. The molecule has 1 heterocycles. The molecular weight excluding hydrogens is 304 g/mol. The lowest BCUT2D eigenvalue weighted by atomic mass is 10.1. The van der Waals surface area contributed by atoms with Gasteiger partial charge in [-0.05, 0) is 12.5 Å². The molecule has 4 N–H and O–H groups in total. The van der Waals surface area contributed by atoms with Gasteiger partial charge in [-0.2, -0.15) is 0 Å². The number of imide groups is 1. The van der Waals surface area contributed by atoms with Crippen molar-refractivity contribution in [2.45, 2.75) is 17.3 Å². The minimum absolute atomic E-state index is 0.387. The summed E-state index contributed by atoms with van der Waals surface area (Å²) in [6.07, 6.45) is 0. The first-order chi connectivity index (χ1) is 10.5. The number of nitrogens with one attached hydrogen (secondary N) is 2. The average Bonchev–Trinajstić information content (AvgIpc) is 2.84. The highest BCUT2D eigenvalue weighted by atomic mass is 32.2. The topological polar surface area (TPSA) is 115 Å². The summed E-state index contributed by atoms with van der Waals surface area (Å²) < 4.78 is 1.30. The van der Waals surface area contributed by atoms with Crippen molar-refractivity contribution >= 4 is 23.7 Å². The minimum Gasteiger partial charge on any atom is -0.341 e. The van der Waals surface area contributed by atoms with Crippen LogP contribution in [0.15, 0.2) is 35.5 Å². The van der Waals surface area contributed by atoms with E-state index in [0.717, 1.165) is 17.3 Å². The molecule has 0 saturated heterocycles. The fraction of sp³-hybridized carbons (Fsp3) is 0.231. The number of rotatable bonds is 4. The second-order valence-electron chi connectivity index (χ2n) is 4.38. The highest BCUT2D eigenvalue weighted by Crippen LogP contribution is 2.33. The van der Waals surface area contributed by atoms with Crippen molar-refractivity contribution in [1.82, 2.24) is 25.5 Å². The monoisotopic (exact) mass is 320 g/mol. The number of nitrogen functional groups attached to an aromatic ring is 1. The maximum Gasteiger partial charge on any atom is 0.321 e. The Morgan fingerprint density at radius 1 is 1.27 bits per heavy atom. The van der Waals surface area contributed by atoms with Crippen LogP contribution >= 0.6 is 11.8 Å². The number of aromatic nitrogens is 3. The van der Waals surface area contributed by atoms with Gasteiger partial charge in [-0.15, -0.1) is 10.2 Å². The van der Waals surface area contributed by atoms with E-state index in [0.29, 0.717) is 11.0 Å². The Hall–Kier alpha value is -2.55. The van der Waals surface area contributed by atoms with E-state index in [1.54, 1.807) is 19.1 Å². The normalized spacial score (nSPS) is 11.7. The van der Waals surface area contributed by atoms with Gasteiger partial charge in [0.25, 0.3) is 0 Å². The van der Waals surface area contributed by atoms with Gasteiger partial charge in [0.05, 0.1) is 0 Å². The van der Waals surface area contributed by atoms with Gasteiger partial charge in [0.1, 0.15) is 11.1 Å². The highest BCUT2D eigenvalue weighted by molar-refractivity contribution is 8.00. The molecule has 1 aromatic heterocycles. The molecule has 116 valence electrons. The fourth-order valence-corrected chi connectivity index (χ4v) is 2.68. The van der Waals surface area contributed by atoms with E-state index in [1.807, 2.05) is 18.2 Å². The Kier molecular flexibility index (Phi) is 4.99. The summed E-state index contributed by atoms with van der Waals surface area (Å²) in [7, 11) is 1.44. The fourth-order valence-electron chi connectivity index (χ4n) is 1.68. The lowest BCUT2D eigenvalue weighted by Gasteiger charge is -2.15. The molecule has 3 amide bonds. The Bertz CT molecular complexity index is 672. The SMILES string of the molecule is CNC(=O)NC(=O)[C@H](Sc1nnc(C)n1N)c1ccccc1. The molecule has 0 aliphatic heterocycles. The van der Waals surface area contributed by atoms with Crippen molar-refractivity contribution in [3.63, 3.8) is 0 Å². The standard InChI is InChI=1S/C13H16N6O2S/c1-8-17-18-13(19(8)14)22-10(9-6-4-3-5-7-9)11(20)16-12(21)15-2/h3-7,10H,14H2,1-2H3,(H2,15,16,20,21)/t10-/m1/s1. The van der Waals surface area contributed by atoms with Crippen molar-refractivity contribution in [3.05, 3.63) is 41.7 Å². The zero-order chi connectivity index (χ0) is 16.1. The molecule has 1 aromatic carbocycles. The molecule has 9 heteroatoms. The van der Waals surface area contributed by atoms with E-state index in [9.17, 15) is 9.59 Å². The third-order valence-electron chi connectivity index (χ3n) is 2.86. The van der Waals surface area contributed by atoms with Crippen molar-refractivity contribution in [2.75, 3.05) is 12.9 Å². The van der Waals surface area contributed by atoms with E-state index in [2.05, 4.69) is 20.8 Å². The molecule has 0 saturated carbocycles. The number of nitrogens with zero attached hydrogens (tertiary/aromatic N) is 3. The molecule has 0 aliphatic carbocycles. The average molecular weight is 320 g/mol. The summed E-state index contributed by atoms with van der Waals surface area (Å²) in [5.74, 6) is 5.88. The van der Waals surface area contributed by atoms with Crippen LogP contribution in [0.25, 0.3) is 0 Å². The van der Waals surface area contributed by atoms with Crippen molar-refractivity contribution in [1.29, 1.82) is 0 Å². The molecular formula is C13H16N6O2S. The zero-order valence-electron chi connectivity index (χ0n) is 12.1. The van der Waals surface area contributed by atoms with Crippen LogP contribution in [0.1, 0.15) is 16.6 Å². The molecule has 0 fully saturated rings. The first-order valence-electron chi connectivity index (χ1n) is 6.44. The minimum atomic E-state index is -0.676. The summed E-state index contributed by atoms with van der Waals surface area (Å²) in [4.78, 5) is 23.7. The quantitative estimate of drug-likeness (QED) is 0.561. The summed E-state index contributed by atoms with van der Waals surface area (Å²) in [6, 6.07) is 8.49. The van der Waals surface area contributed by atoms with Crippen LogP contribution in [0.2, 0.25) is 0 Å². The summed E-state index contributed by atoms with van der Waals surface area (Å²) >= 11 is 1.12. The predicted octanol–water partition coefficient (Wildman–Crippen LogP) is 0.589. The number of nitrogens with two attached hydrogens (primary N) is 1. The molecule has 0 unspecified atom stereocenters. The number of hydrogen-bond acceptors (Lipinski definition) is 6. The molecule has 0 radical (unpaired) electrons. The van der Waals surface area contributed by atoms with Crippen LogP contribution < -0.4 is 16.5 Å². The van der Waals surface area contributed by atoms with E-state index in [4.69, 9.17) is 5.84 Å². The van der Waals surface area contributed by atoms with Gasteiger partial charge in [-0.25, -0.2) is 9.47 Å². The van der Waals surface area contributed by atoms with Gasteiger partial charge in [0.15, 0.2) is 0 Å². The number of carbonyl (C=O) groups is 2. The molecule has 1 atom stereocenters. The second kappa shape index (κ2) is 6.94. The van der Waals surface area contributed by atoms with Gasteiger partial charge in [0, 0.05) is 7.05 Å². The molecule has 2 aromatic rings. The summed E-state index contributed by atoms with van der Waals surface area (Å²) in [5.41, 5.74) is 0.731. The van der Waals surface area contributed by atoms with Crippen LogP contribution in [-0.4, -0.2) is 33.9 Å². The Labute approximate surface area is 131 Å². The first kappa shape index (κ1) is 15.8. The van der Waals surface area contributed by atoms with Gasteiger partial charge in [-0.1, -0.05) is 42.1 Å². The first-order valence-corrected chi connectivity index (χ1v) is 7.32. The second-order valence-corrected chi connectivity index (χ2v) is 5.45. The van der Waals surface area contributed by atoms with Gasteiger partial charge in [0.2, 0.25) is 11.1 Å². The van der Waals surface area contributed by atoms with Gasteiger partial charge >= 0.3 is 6.03 Å². The zero-order valence-corrected chi connectivity index (χ0v) is 12.9. The highest BCUT2D eigenvalue weighted by Gasteiger charge is 2.26. The van der Waals surface area contributed by atoms with E-state index in [-0.39, 0.29) is 0 Å². The van der Waals surface area contributed by atoms with Crippen molar-refractivity contribution in [3.8, 4) is 0 Å². The molecule has 8 nitrogen and oxygen atoms in total. The largest absolute Gasteiger partial charge is 0.341 e. The van der Waals surface area contributed by atoms with E-state index in [1.165, 1.54) is 11.7 Å². The summed E-state index contributed by atoms with van der Waals surface area (Å²) in [5, 5.41) is 12.1. The van der Waals surface area contributed by atoms with Crippen LogP contribution in [0.4, 0.5) is 4.79 Å². The van der Waals surface area contributed by atoms with Crippen LogP contribution in [0, 0.1) is 6.92 Å². The third-order valence-corrected chi connectivity index (χ3v) is 4.07. The molecule has 0 bridgehead atoms. The Morgan fingerprint density at radius 2 is 1.95 bits per heavy atom.